The zero-order valence-electron chi connectivity index (χ0n) is 17.0. The van der Waals surface area contributed by atoms with Crippen LogP contribution in [-0.2, 0) is 19.1 Å². The van der Waals surface area contributed by atoms with Crippen molar-refractivity contribution in [1.82, 2.24) is 5.43 Å². The van der Waals surface area contributed by atoms with Crippen LogP contribution in [0, 0.1) is 10.1 Å². The van der Waals surface area contributed by atoms with Gasteiger partial charge in [0.2, 0.25) is 5.75 Å². The lowest BCUT2D eigenvalue weighted by atomic mass is 10.1. The number of hydrogen-bond acceptors (Lipinski definition) is 7. The predicted molar refractivity (Wildman–Crippen MR) is 115 cm³/mol. The SMILES string of the molecule is CCOC(=O)[C@H](C)Oc1c(Cl)cc(/C=C2/C(=O)NN(c3ccccc3)C2=O)cc1[N+](=O)[O-]. The Morgan fingerprint density at radius 1 is 1.28 bits per heavy atom. The Morgan fingerprint density at radius 3 is 2.59 bits per heavy atom. The van der Waals surface area contributed by atoms with Crippen LogP contribution in [0.4, 0.5) is 11.4 Å². The average Bonchev–Trinajstić information content (AvgIpc) is 3.04. The molecule has 10 nitrogen and oxygen atoms in total. The number of para-hydroxylation sites is 1. The van der Waals surface area contributed by atoms with Gasteiger partial charge >= 0.3 is 11.7 Å². The molecule has 2 aromatic rings. The first-order valence-corrected chi connectivity index (χ1v) is 9.84. The molecule has 0 aliphatic carbocycles. The summed E-state index contributed by atoms with van der Waals surface area (Å²) in [6, 6.07) is 10.8. The molecule has 0 radical (unpaired) electrons. The highest BCUT2D eigenvalue weighted by Gasteiger charge is 2.35. The van der Waals surface area contributed by atoms with Crippen LogP contribution < -0.4 is 15.2 Å². The summed E-state index contributed by atoms with van der Waals surface area (Å²) < 4.78 is 10.2. The molecule has 2 aromatic carbocycles. The van der Waals surface area contributed by atoms with Gasteiger partial charge < -0.3 is 9.47 Å². The molecule has 3 rings (SSSR count). The van der Waals surface area contributed by atoms with Gasteiger partial charge in [0.25, 0.3) is 11.8 Å². The number of nitro benzene ring substituents is 1. The van der Waals surface area contributed by atoms with Crippen LogP contribution in [-0.4, -0.2) is 35.4 Å². The number of rotatable bonds is 7. The van der Waals surface area contributed by atoms with Gasteiger partial charge in [-0.1, -0.05) is 29.8 Å². The van der Waals surface area contributed by atoms with Gasteiger partial charge in [-0.05, 0) is 43.7 Å². The minimum Gasteiger partial charge on any atom is -0.471 e. The highest BCUT2D eigenvalue weighted by atomic mass is 35.5. The molecule has 1 aliphatic rings. The Kier molecular flexibility index (Phi) is 6.74. The number of halogens is 1. The fourth-order valence-corrected chi connectivity index (χ4v) is 3.17. The number of hydrogen-bond donors (Lipinski definition) is 1. The number of carbonyl (C=O) groups is 3. The molecular weight excluding hydrogens is 442 g/mol. The summed E-state index contributed by atoms with van der Waals surface area (Å²) in [5, 5.41) is 12.5. The minimum absolute atomic E-state index is 0.116. The van der Waals surface area contributed by atoms with Crippen molar-refractivity contribution >= 4 is 46.8 Å². The van der Waals surface area contributed by atoms with Crippen LogP contribution in [0.2, 0.25) is 5.02 Å². The molecule has 1 heterocycles. The molecule has 1 saturated heterocycles. The number of amides is 2. The Labute approximate surface area is 187 Å². The summed E-state index contributed by atoms with van der Waals surface area (Å²) >= 11 is 6.18. The third-order valence-electron chi connectivity index (χ3n) is 4.37. The van der Waals surface area contributed by atoms with E-state index in [4.69, 9.17) is 21.1 Å². The van der Waals surface area contributed by atoms with E-state index in [1.165, 1.54) is 19.1 Å². The van der Waals surface area contributed by atoms with E-state index in [1.807, 2.05) is 0 Å². The third-order valence-corrected chi connectivity index (χ3v) is 4.65. The first-order chi connectivity index (χ1) is 15.2. The Morgan fingerprint density at radius 2 is 1.97 bits per heavy atom. The number of nitrogens with one attached hydrogen (secondary N) is 1. The number of nitro groups is 1. The second-order valence-corrected chi connectivity index (χ2v) is 7.00. The van der Waals surface area contributed by atoms with Crippen molar-refractivity contribution in [3.63, 3.8) is 0 Å². The van der Waals surface area contributed by atoms with Gasteiger partial charge in [0.15, 0.2) is 6.10 Å². The van der Waals surface area contributed by atoms with Crippen LogP contribution in [0.25, 0.3) is 6.08 Å². The smallest absolute Gasteiger partial charge is 0.347 e. The molecule has 2 amide bonds. The van der Waals surface area contributed by atoms with Gasteiger partial charge in [-0.3, -0.25) is 25.1 Å². The van der Waals surface area contributed by atoms with E-state index >= 15 is 0 Å². The Bertz CT molecular complexity index is 1120. The molecule has 1 N–H and O–H groups in total. The van der Waals surface area contributed by atoms with Crippen LogP contribution in [0.15, 0.2) is 48.0 Å². The van der Waals surface area contributed by atoms with Crippen molar-refractivity contribution in [2.45, 2.75) is 20.0 Å². The van der Waals surface area contributed by atoms with Gasteiger partial charge in [-0.2, -0.15) is 0 Å². The molecule has 32 heavy (non-hydrogen) atoms. The molecule has 1 aliphatic heterocycles. The molecule has 1 atom stereocenters. The van der Waals surface area contributed by atoms with Gasteiger partial charge in [0.05, 0.1) is 22.2 Å². The number of benzene rings is 2. The molecule has 0 spiro atoms. The van der Waals surface area contributed by atoms with Crippen LogP contribution in [0.1, 0.15) is 19.4 Å². The van der Waals surface area contributed by atoms with Crippen molar-refractivity contribution in [3.8, 4) is 5.75 Å². The second kappa shape index (κ2) is 9.48. The standard InChI is InChI=1S/C21H18ClN3O7/c1-3-31-21(28)12(2)32-18-16(22)10-13(11-17(18)25(29)30)9-15-19(26)23-24(20(15)27)14-7-5-4-6-8-14/h4-12H,3H2,1-2H3,(H,23,26)/b15-9-/t12-/m0/s1. The Hall–Kier alpha value is -3.92. The quantitative estimate of drug-likeness (QED) is 0.221. The van der Waals surface area contributed by atoms with Crippen molar-refractivity contribution in [2.24, 2.45) is 0 Å². The molecular formula is C21H18ClN3O7. The lowest BCUT2D eigenvalue weighted by Crippen LogP contribution is -2.35. The maximum atomic E-state index is 12.7. The summed E-state index contributed by atoms with van der Waals surface area (Å²) in [6.45, 7) is 3.10. The zero-order chi connectivity index (χ0) is 23.4. The number of carbonyl (C=O) groups excluding carboxylic acids is 3. The van der Waals surface area contributed by atoms with Gasteiger partial charge in [-0.25, -0.2) is 9.80 Å². The lowest BCUT2D eigenvalue weighted by molar-refractivity contribution is -0.386. The Balaban J connectivity index is 1.94. The topological polar surface area (TPSA) is 128 Å². The maximum absolute atomic E-state index is 12.7. The average molecular weight is 460 g/mol. The largest absolute Gasteiger partial charge is 0.471 e. The summed E-state index contributed by atoms with van der Waals surface area (Å²) in [7, 11) is 0. The van der Waals surface area contributed by atoms with Crippen LogP contribution >= 0.6 is 11.6 Å². The van der Waals surface area contributed by atoms with E-state index in [-0.39, 0.29) is 28.5 Å². The molecule has 166 valence electrons. The molecule has 0 unspecified atom stereocenters. The third kappa shape index (κ3) is 4.70. The molecule has 11 heteroatoms. The highest BCUT2D eigenvalue weighted by Crippen LogP contribution is 2.38. The monoisotopic (exact) mass is 459 g/mol. The molecule has 0 saturated carbocycles. The molecule has 0 bridgehead atoms. The summed E-state index contributed by atoms with van der Waals surface area (Å²) in [4.78, 5) is 47.7. The van der Waals surface area contributed by atoms with Gasteiger partial charge in [0, 0.05) is 6.07 Å². The fourth-order valence-electron chi connectivity index (χ4n) is 2.90. The highest BCUT2D eigenvalue weighted by molar-refractivity contribution is 6.33. The normalized spacial score (nSPS) is 15.5. The van der Waals surface area contributed by atoms with Crippen molar-refractivity contribution in [3.05, 3.63) is 68.7 Å². The fraction of sp³-hybridized carbons (Fsp3) is 0.190. The van der Waals surface area contributed by atoms with E-state index in [0.29, 0.717) is 5.69 Å². The number of hydrazine groups is 1. The molecule has 1 fully saturated rings. The van der Waals surface area contributed by atoms with E-state index in [0.717, 1.165) is 11.1 Å². The van der Waals surface area contributed by atoms with Crippen LogP contribution in [0.3, 0.4) is 0 Å². The first kappa shape index (κ1) is 22.8. The summed E-state index contributed by atoms with van der Waals surface area (Å²) in [5.74, 6) is -2.34. The number of ether oxygens (including phenoxy) is 2. The number of esters is 1. The van der Waals surface area contributed by atoms with E-state index in [9.17, 15) is 24.5 Å². The number of anilines is 1. The molecule has 0 aromatic heterocycles. The minimum atomic E-state index is -1.14. The van der Waals surface area contributed by atoms with Crippen LogP contribution in [0.5, 0.6) is 5.75 Å². The lowest BCUT2D eigenvalue weighted by Gasteiger charge is -2.15. The zero-order valence-corrected chi connectivity index (χ0v) is 17.8. The second-order valence-electron chi connectivity index (χ2n) is 6.60. The maximum Gasteiger partial charge on any atom is 0.347 e. The van der Waals surface area contributed by atoms with E-state index in [2.05, 4.69) is 5.43 Å². The van der Waals surface area contributed by atoms with Gasteiger partial charge in [0.1, 0.15) is 5.57 Å². The van der Waals surface area contributed by atoms with Crippen molar-refractivity contribution in [1.29, 1.82) is 0 Å². The van der Waals surface area contributed by atoms with E-state index in [1.54, 1.807) is 37.3 Å². The predicted octanol–water partition coefficient (Wildman–Crippen LogP) is 3.04. The number of nitrogens with zero attached hydrogens (tertiary/aromatic N) is 2. The van der Waals surface area contributed by atoms with Crippen molar-refractivity contribution in [2.75, 3.05) is 11.6 Å². The summed E-state index contributed by atoms with van der Waals surface area (Å²) in [5.41, 5.74) is 2.26. The van der Waals surface area contributed by atoms with Gasteiger partial charge in [-0.15, -0.1) is 0 Å². The van der Waals surface area contributed by atoms with E-state index < -0.39 is 34.5 Å². The first-order valence-electron chi connectivity index (χ1n) is 9.46. The summed E-state index contributed by atoms with van der Waals surface area (Å²) in [6.07, 6.45) is 0.0508. The van der Waals surface area contributed by atoms with Crippen molar-refractivity contribution < 1.29 is 28.8 Å².